The molecule has 8 rings (SSSR count). The first-order chi connectivity index (χ1) is 20.0. The predicted octanol–water partition coefficient (Wildman–Crippen LogP) is 6.00. The Morgan fingerprint density at radius 1 is 0.902 bits per heavy atom. The van der Waals surface area contributed by atoms with E-state index in [0.717, 1.165) is 33.2 Å². The van der Waals surface area contributed by atoms with Gasteiger partial charge in [-0.05, 0) is 66.5 Å². The van der Waals surface area contributed by atoms with Crippen molar-refractivity contribution in [2.24, 2.45) is 29.6 Å². The molecule has 41 heavy (non-hydrogen) atoms. The van der Waals surface area contributed by atoms with Crippen molar-refractivity contribution in [2.75, 3.05) is 4.90 Å². The third kappa shape index (κ3) is 3.87. The van der Waals surface area contributed by atoms with Crippen molar-refractivity contribution in [1.82, 2.24) is 4.98 Å². The molecule has 3 aromatic carbocycles. The zero-order valence-corrected chi connectivity index (χ0v) is 24.0. The number of nitrogens with one attached hydrogen (secondary N) is 1. The van der Waals surface area contributed by atoms with Crippen LogP contribution >= 0.6 is 23.1 Å². The number of H-pyrrole nitrogens is 1. The predicted molar refractivity (Wildman–Crippen MR) is 159 cm³/mol. The summed E-state index contributed by atoms with van der Waals surface area (Å²) in [6, 6.07) is 25.8. The summed E-state index contributed by atoms with van der Waals surface area (Å²) in [5.41, 5.74) is 4.11. The molecule has 2 saturated carbocycles. The van der Waals surface area contributed by atoms with Crippen molar-refractivity contribution in [2.45, 2.75) is 36.1 Å². The van der Waals surface area contributed by atoms with Crippen molar-refractivity contribution in [3.63, 3.8) is 0 Å². The van der Waals surface area contributed by atoms with Crippen LogP contribution in [0.25, 0.3) is 0 Å². The number of carbonyl (C=O) groups excluding carboxylic acids is 2. The first-order valence-electron chi connectivity index (χ1n) is 14.1. The third-order valence-electron chi connectivity index (χ3n) is 9.47. The Labute approximate surface area is 245 Å². The molecule has 1 N–H and O–H groups in total. The van der Waals surface area contributed by atoms with Gasteiger partial charge in [-0.1, -0.05) is 71.5 Å². The van der Waals surface area contributed by atoms with E-state index in [0.29, 0.717) is 12.3 Å². The molecule has 2 aliphatic carbocycles. The lowest BCUT2D eigenvalue weighted by Gasteiger charge is -2.43. The summed E-state index contributed by atoms with van der Waals surface area (Å²) in [5.74, 6) is 0.469. The number of thioether (sulfide) groups is 1. The topological polar surface area (TPSA) is 79.5 Å². The summed E-state index contributed by atoms with van der Waals surface area (Å²) >= 11 is 3.00. The lowest BCUT2D eigenvalue weighted by atomic mass is 9.68. The number of thiazole rings is 1. The molecule has 3 fully saturated rings. The van der Waals surface area contributed by atoms with Crippen molar-refractivity contribution in [3.8, 4) is 5.75 Å². The first kappa shape index (κ1) is 25.1. The average molecular weight is 581 g/mol. The van der Waals surface area contributed by atoms with E-state index in [1.165, 1.54) is 21.8 Å². The van der Waals surface area contributed by atoms with Gasteiger partial charge >= 0.3 is 4.87 Å². The second-order valence-electron chi connectivity index (χ2n) is 11.7. The lowest BCUT2D eigenvalue weighted by Crippen LogP contribution is -2.42. The quantitative estimate of drug-likeness (QED) is 0.293. The molecule has 0 spiro atoms. The van der Waals surface area contributed by atoms with E-state index < -0.39 is 0 Å². The van der Waals surface area contributed by atoms with Crippen molar-refractivity contribution in [1.29, 1.82) is 0 Å². The number of hydrogen-bond acceptors (Lipinski definition) is 6. The van der Waals surface area contributed by atoms with Crippen LogP contribution < -0.4 is 14.5 Å². The van der Waals surface area contributed by atoms with Crippen molar-refractivity contribution >= 4 is 40.6 Å². The molecule has 0 radical (unpaired) electrons. The maximum absolute atomic E-state index is 13.8. The number of aryl methyl sites for hydroxylation is 1. The Kier molecular flexibility index (Phi) is 5.80. The van der Waals surface area contributed by atoms with E-state index in [1.54, 1.807) is 11.8 Å². The summed E-state index contributed by atoms with van der Waals surface area (Å²) < 4.78 is 6.09. The minimum Gasteiger partial charge on any atom is -0.489 e. The van der Waals surface area contributed by atoms with Crippen LogP contribution in [0.1, 0.15) is 33.9 Å². The number of hydrogen-bond donors (Lipinski definition) is 1. The number of fused-ring (bicyclic) bond motifs is 9. The van der Waals surface area contributed by atoms with Crippen LogP contribution in [0.5, 0.6) is 5.75 Å². The molecule has 8 heteroatoms. The van der Waals surface area contributed by atoms with Gasteiger partial charge in [-0.2, -0.15) is 0 Å². The number of amides is 2. The first-order valence-corrected chi connectivity index (χ1v) is 15.8. The minimum absolute atomic E-state index is 0.00403. The molecule has 7 atom stereocenters. The molecule has 4 aromatic rings. The number of nitrogens with zero attached hydrogens (tertiary/aromatic N) is 1. The van der Waals surface area contributed by atoms with Crippen LogP contribution in [0.2, 0.25) is 0 Å². The number of aromatic nitrogens is 1. The largest absolute Gasteiger partial charge is 0.489 e. The SMILES string of the molecule is Cc1cccc(COc2ccc(C3c4sc(=O)[nH]c4SC4C3[C@H]3C[C@@H]4C4C(=O)N(c5ccccc5)C(=O)C43)cc2)c1. The highest BCUT2D eigenvalue weighted by Gasteiger charge is 2.69. The second kappa shape index (κ2) is 9.46. The zero-order chi connectivity index (χ0) is 27.8. The molecule has 5 unspecified atom stereocenters. The summed E-state index contributed by atoms with van der Waals surface area (Å²) in [6.45, 7) is 2.57. The molecular weight excluding hydrogens is 553 g/mol. The van der Waals surface area contributed by atoms with Gasteiger partial charge < -0.3 is 9.72 Å². The molecule has 2 aliphatic heterocycles. The lowest BCUT2D eigenvalue weighted by molar-refractivity contribution is -0.123. The molecule has 4 aliphatic rings. The number of ether oxygens (including phenoxy) is 1. The highest BCUT2D eigenvalue weighted by atomic mass is 32.2. The minimum atomic E-state index is -0.300. The fourth-order valence-electron chi connectivity index (χ4n) is 7.96. The smallest absolute Gasteiger partial charge is 0.305 e. The standard InChI is InChI=1S/C33H28N2O4S2/c1-17-6-5-7-18(14-17)16-39-21-12-10-19(11-13-21)24-25-22-15-23(28(25)40-30-29(24)41-33(38)34-30)27-26(22)31(36)35(32(27)37)20-8-3-2-4-9-20/h2-14,22-28H,15-16H2,1H3,(H,34,38)/t22-,23-,24?,25?,26?,27?,28?/m1/s1. The monoisotopic (exact) mass is 580 g/mol. The van der Waals surface area contributed by atoms with Gasteiger partial charge in [0.2, 0.25) is 11.8 Å². The van der Waals surface area contributed by atoms with E-state index in [-0.39, 0.29) is 57.4 Å². The van der Waals surface area contributed by atoms with E-state index in [2.05, 4.69) is 42.2 Å². The summed E-state index contributed by atoms with van der Waals surface area (Å²) in [6.07, 6.45) is 0.880. The van der Waals surface area contributed by atoms with Gasteiger partial charge in [0.15, 0.2) is 0 Å². The third-order valence-corrected chi connectivity index (χ3v) is 12.1. The summed E-state index contributed by atoms with van der Waals surface area (Å²) in [7, 11) is 0. The molecule has 1 saturated heterocycles. The molecule has 2 amide bonds. The number of anilines is 1. The van der Waals surface area contributed by atoms with Crippen LogP contribution in [0, 0.1) is 36.5 Å². The highest BCUT2D eigenvalue weighted by Crippen LogP contribution is 2.68. The van der Waals surface area contributed by atoms with Gasteiger partial charge in [-0.25, -0.2) is 0 Å². The maximum Gasteiger partial charge on any atom is 0.305 e. The molecule has 2 bridgehead atoms. The van der Waals surface area contributed by atoms with Gasteiger partial charge in [-0.3, -0.25) is 19.3 Å². The molecule has 6 nitrogen and oxygen atoms in total. The van der Waals surface area contributed by atoms with Crippen LogP contribution in [0.3, 0.4) is 0 Å². The number of carbonyl (C=O) groups is 2. The van der Waals surface area contributed by atoms with E-state index in [4.69, 9.17) is 4.74 Å². The Balaban J connectivity index is 1.12. The molecule has 206 valence electrons. The highest BCUT2D eigenvalue weighted by molar-refractivity contribution is 8.00. The molecule has 1 aromatic heterocycles. The van der Waals surface area contributed by atoms with Gasteiger partial charge in [0, 0.05) is 16.0 Å². The average Bonchev–Trinajstić information content (AvgIpc) is 3.71. The number of para-hydroxylation sites is 1. The fourth-order valence-corrected chi connectivity index (χ4v) is 10.9. The molecule has 3 heterocycles. The van der Waals surface area contributed by atoms with Gasteiger partial charge in [0.1, 0.15) is 12.4 Å². The summed E-state index contributed by atoms with van der Waals surface area (Å²) in [4.78, 5) is 45.6. The van der Waals surface area contributed by atoms with Gasteiger partial charge in [-0.15, -0.1) is 11.8 Å². The number of aromatic amines is 1. The van der Waals surface area contributed by atoms with Crippen molar-refractivity contribution in [3.05, 3.63) is 110 Å². The Morgan fingerprint density at radius 3 is 2.41 bits per heavy atom. The van der Waals surface area contributed by atoms with Gasteiger partial charge in [0.25, 0.3) is 0 Å². The van der Waals surface area contributed by atoms with Crippen LogP contribution in [-0.2, 0) is 16.2 Å². The maximum atomic E-state index is 13.8. The zero-order valence-electron chi connectivity index (χ0n) is 22.4. The Morgan fingerprint density at radius 2 is 1.66 bits per heavy atom. The van der Waals surface area contributed by atoms with Crippen LogP contribution in [0.4, 0.5) is 5.69 Å². The number of rotatable bonds is 5. The summed E-state index contributed by atoms with van der Waals surface area (Å²) in [5, 5.41) is 1.10. The van der Waals surface area contributed by atoms with Crippen LogP contribution in [0.15, 0.2) is 88.7 Å². The fraction of sp³-hybridized carbons (Fsp3) is 0.303. The van der Waals surface area contributed by atoms with E-state index >= 15 is 0 Å². The van der Waals surface area contributed by atoms with Crippen LogP contribution in [-0.4, -0.2) is 22.0 Å². The van der Waals surface area contributed by atoms with Gasteiger partial charge in [0.05, 0.1) is 22.5 Å². The number of benzene rings is 3. The van der Waals surface area contributed by atoms with E-state index in [9.17, 15) is 14.4 Å². The van der Waals surface area contributed by atoms with Crippen molar-refractivity contribution < 1.29 is 14.3 Å². The normalized spacial score (nSPS) is 29.4. The second-order valence-corrected chi connectivity index (χ2v) is 13.9. The van der Waals surface area contributed by atoms with E-state index in [1.807, 2.05) is 48.5 Å². The Hall–Kier alpha value is -3.62. The molecular formula is C33H28N2O4S2. The Bertz CT molecular complexity index is 1730. The number of imide groups is 1.